The summed E-state index contributed by atoms with van der Waals surface area (Å²) in [4.78, 5) is 12.1. The van der Waals surface area contributed by atoms with Crippen LogP contribution in [0.2, 0.25) is 0 Å². The van der Waals surface area contributed by atoms with Crippen LogP contribution in [0.15, 0.2) is 104 Å². The van der Waals surface area contributed by atoms with Crippen molar-refractivity contribution in [3.63, 3.8) is 0 Å². The molecule has 196 valence electrons. The van der Waals surface area contributed by atoms with Crippen LogP contribution in [0.25, 0.3) is 11.1 Å². The van der Waals surface area contributed by atoms with Gasteiger partial charge in [-0.2, -0.15) is 4.57 Å². The molecule has 0 radical (unpaired) electrons. The molecule has 2 aromatic carbocycles. The molecular weight excluding hydrogens is 492 g/mol. The molecule has 0 saturated carbocycles. The van der Waals surface area contributed by atoms with Gasteiger partial charge in [-0.05, 0) is 36.7 Å². The van der Waals surface area contributed by atoms with E-state index in [-0.39, 0.29) is 13.6 Å². The normalized spacial score (nSPS) is 10.6. The van der Waals surface area contributed by atoms with Crippen LogP contribution in [0.3, 0.4) is 0 Å². The first-order chi connectivity index (χ1) is 18.8. The molecule has 0 spiro atoms. The predicted molar refractivity (Wildman–Crippen MR) is 150 cm³/mol. The van der Waals surface area contributed by atoms with Crippen LogP contribution >= 0.6 is 0 Å². The average molecular weight is 523 g/mol. The molecule has 4 rings (SSSR count). The Morgan fingerprint density at radius 2 is 1.64 bits per heavy atom. The number of rotatable bonds is 11. The molecule has 1 amide bonds. The molecule has 4 aromatic rings. The highest BCUT2D eigenvalue weighted by molar-refractivity contribution is 6.58. The van der Waals surface area contributed by atoms with Crippen molar-refractivity contribution in [2.75, 3.05) is 0 Å². The zero-order valence-corrected chi connectivity index (χ0v) is 21.8. The summed E-state index contributed by atoms with van der Waals surface area (Å²) in [5.41, 5.74) is 5.66. The van der Waals surface area contributed by atoms with E-state index in [2.05, 4.69) is 22.7 Å². The Kier molecular flexibility index (Phi) is 9.27. The topological polar surface area (TPSA) is 107 Å². The fraction of sp³-hybridized carbons (Fsp3) is 0.138. The first kappa shape index (κ1) is 27.8. The van der Waals surface area contributed by atoms with E-state index in [9.17, 15) is 14.8 Å². The van der Waals surface area contributed by atoms with Crippen LogP contribution in [-0.2, 0) is 24.4 Å². The number of nitrogens with zero attached hydrogens (tertiary/aromatic N) is 2. The summed E-state index contributed by atoms with van der Waals surface area (Å²) in [5, 5.41) is 31.1. The third-order valence-corrected chi connectivity index (χ3v) is 6.12. The first-order valence-corrected chi connectivity index (χ1v) is 12.5. The van der Waals surface area contributed by atoms with Gasteiger partial charge in [-0.1, -0.05) is 43.0 Å². The van der Waals surface area contributed by atoms with Crippen molar-refractivity contribution >= 4 is 26.2 Å². The SMILES string of the molecule is C=C(C)C(=O)NCc1cc(-c2ccc[n+](Cc3cccc(OBO)c3)c2)c[n+](Cc2cccc(B(O)O)c2)c1. The Morgan fingerprint density at radius 1 is 0.923 bits per heavy atom. The van der Waals surface area contributed by atoms with Crippen molar-refractivity contribution in [3.8, 4) is 16.9 Å². The molecule has 0 atom stereocenters. The highest BCUT2D eigenvalue weighted by atomic mass is 16.5. The van der Waals surface area contributed by atoms with E-state index in [1.165, 1.54) is 0 Å². The molecule has 0 saturated heterocycles. The largest absolute Gasteiger partial charge is 0.539 e. The second-order valence-corrected chi connectivity index (χ2v) is 9.37. The molecule has 0 aliphatic heterocycles. The molecule has 4 N–H and O–H groups in total. The molecule has 10 heteroatoms. The number of pyridine rings is 2. The maximum Gasteiger partial charge on any atom is 0.504 e. The highest BCUT2D eigenvalue weighted by Gasteiger charge is 2.16. The smallest absolute Gasteiger partial charge is 0.504 e. The van der Waals surface area contributed by atoms with Crippen LogP contribution in [0, 0.1) is 0 Å². The quantitative estimate of drug-likeness (QED) is 0.131. The lowest BCUT2D eigenvalue weighted by atomic mass is 9.79. The lowest BCUT2D eigenvalue weighted by Crippen LogP contribution is -2.37. The van der Waals surface area contributed by atoms with Crippen LogP contribution < -0.4 is 24.6 Å². The summed E-state index contributed by atoms with van der Waals surface area (Å²) >= 11 is 0. The Bertz CT molecular complexity index is 1480. The Labute approximate surface area is 228 Å². The van der Waals surface area contributed by atoms with Gasteiger partial charge in [0.2, 0.25) is 5.91 Å². The molecule has 0 unspecified atom stereocenters. The highest BCUT2D eigenvalue weighted by Crippen LogP contribution is 2.18. The van der Waals surface area contributed by atoms with Gasteiger partial charge in [0, 0.05) is 34.9 Å². The Hall–Kier alpha value is -4.24. The number of nitrogens with one attached hydrogen (secondary N) is 1. The minimum absolute atomic E-state index is 0.207. The molecule has 39 heavy (non-hydrogen) atoms. The van der Waals surface area contributed by atoms with Gasteiger partial charge in [0.05, 0.1) is 11.1 Å². The van der Waals surface area contributed by atoms with E-state index in [1.807, 2.05) is 65.6 Å². The van der Waals surface area contributed by atoms with Crippen molar-refractivity contribution in [2.45, 2.75) is 26.6 Å². The zero-order chi connectivity index (χ0) is 27.8. The molecule has 0 bridgehead atoms. The molecule has 0 aliphatic rings. The number of benzene rings is 2. The summed E-state index contributed by atoms with van der Waals surface area (Å²) in [5.74, 6) is 0.400. The van der Waals surface area contributed by atoms with Gasteiger partial charge >= 0.3 is 14.8 Å². The number of carbonyl (C=O) groups excluding carboxylic acids is 1. The third-order valence-electron chi connectivity index (χ3n) is 6.12. The number of aromatic nitrogens is 2. The van der Waals surface area contributed by atoms with Crippen LogP contribution in [0.1, 0.15) is 23.6 Å². The van der Waals surface area contributed by atoms with Crippen LogP contribution in [0.4, 0.5) is 0 Å². The minimum Gasteiger partial charge on any atom is -0.539 e. The molecular formula is C29H31B2N3O5+2. The van der Waals surface area contributed by atoms with E-state index in [0.717, 1.165) is 27.8 Å². The summed E-state index contributed by atoms with van der Waals surface area (Å²) in [6.45, 7) is 6.82. The van der Waals surface area contributed by atoms with Gasteiger partial charge in [0.25, 0.3) is 0 Å². The van der Waals surface area contributed by atoms with Crippen LogP contribution in [-0.4, -0.2) is 35.8 Å². The molecule has 0 fully saturated rings. The predicted octanol–water partition coefficient (Wildman–Crippen LogP) is 0.535. The van der Waals surface area contributed by atoms with E-state index in [1.54, 1.807) is 31.2 Å². The van der Waals surface area contributed by atoms with E-state index >= 15 is 0 Å². The minimum atomic E-state index is -1.54. The monoisotopic (exact) mass is 523 g/mol. The van der Waals surface area contributed by atoms with Crippen molar-refractivity contribution in [1.82, 2.24) is 5.32 Å². The molecule has 8 nitrogen and oxygen atoms in total. The fourth-order valence-electron chi connectivity index (χ4n) is 4.26. The van der Waals surface area contributed by atoms with Gasteiger partial charge in [-0.25, -0.2) is 4.57 Å². The average Bonchev–Trinajstić information content (AvgIpc) is 2.92. The fourth-order valence-corrected chi connectivity index (χ4v) is 4.26. The lowest BCUT2D eigenvalue weighted by Gasteiger charge is -2.09. The summed E-state index contributed by atoms with van der Waals surface area (Å²) in [6.07, 6.45) is 8.04. The summed E-state index contributed by atoms with van der Waals surface area (Å²) in [7, 11) is -1.91. The maximum absolute atomic E-state index is 12.1. The lowest BCUT2D eigenvalue weighted by molar-refractivity contribution is -0.689. The van der Waals surface area contributed by atoms with Crippen molar-refractivity contribution in [2.24, 2.45) is 0 Å². The van der Waals surface area contributed by atoms with Gasteiger partial charge in [-0.3, -0.25) is 4.79 Å². The molecule has 0 aliphatic carbocycles. The second-order valence-electron chi connectivity index (χ2n) is 9.37. The molecule has 2 heterocycles. The van der Waals surface area contributed by atoms with Gasteiger partial charge in [-0.15, -0.1) is 0 Å². The summed E-state index contributed by atoms with van der Waals surface area (Å²) < 4.78 is 9.30. The number of hydrogen-bond donors (Lipinski definition) is 4. The Morgan fingerprint density at radius 3 is 2.38 bits per heavy atom. The van der Waals surface area contributed by atoms with Gasteiger partial charge < -0.3 is 25.0 Å². The van der Waals surface area contributed by atoms with Crippen LogP contribution in [0.5, 0.6) is 5.75 Å². The third kappa shape index (κ3) is 7.87. The Balaban J connectivity index is 1.65. The van der Waals surface area contributed by atoms with E-state index in [4.69, 9.17) is 9.68 Å². The van der Waals surface area contributed by atoms with E-state index in [0.29, 0.717) is 36.4 Å². The van der Waals surface area contributed by atoms with Gasteiger partial charge in [0.1, 0.15) is 5.75 Å². The zero-order valence-electron chi connectivity index (χ0n) is 21.8. The number of amides is 1. The standard InChI is InChI=1S/C29H30B2N3O5/c1-21(2)29(35)32-15-24-12-26(20-34(18-24)17-22-6-3-9-27(13-22)31(37)38)25-8-5-11-33(19-25)16-23-7-4-10-28(14-23)39-30-36/h3-14,18-20,30,36-38H,1,15-17H2,2H3/q+1/p+1. The van der Waals surface area contributed by atoms with Gasteiger partial charge in [0.15, 0.2) is 37.9 Å². The van der Waals surface area contributed by atoms with E-state index < -0.39 is 7.12 Å². The first-order valence-electron chi connectivity index (χ1n) is 12.5. The second kappa shape index (κ2) is 13.0. The van der Waals surface area contributed by atoms with Crippen molar-refractivity contribution in [3.05, 3.63) is 120 Å². The van der Waals surface area contributed by atoms with Crippen molar-refractivity contribution < 1.29 is 33.7 Å². The summed E-state index contributed by atoms with van der Waals surface area (Å²) in [6, 6.07) is 20.8. The maximum atomic E-state index is 12.1. The number of carbonyl (C=O) groups is 1. The van der Waals surface area contributed by atoms with Crippen molar-refractivity contribution in [1.29, 1.82) is 0 Å². The number of hydrogen-bond acceptors (Lipinski definition) is 5. The molecule has 2 aromatic heterocycles.